The molecule has 2 heteroatoms. The van der Waals surface area contributed by atoms with Gasteiger partial charge in [-0.05, 0) is 12.8 Å². The van der Waals surface area contributed by atoms with Crippen molar-refractivity contribution in [1.82, 2.24) is 5.32 Å². The highest BCUT2D eigenvalue weighted by Gasteiger charge is 2.30. The van der Waals surface area contributed by atoms with Crippen molar-refractivity contribution in [3.63, 3.8) is 0 Å². The Morgan fingerprint density at radius 2 is 2.00 bits per heavy atom. The second-order valence-electron chi connectivity index (χ2n) is 3.68. The molecular formula is C9H16N2. The molecule has 1 spiro atoms. The molecule has 0 bridgehead atoms. The molecule has 1 aliphatic carbocycles. The summed E-state index contributed by atoms with van der Waals surface area (Å²) in [6.45, 7) is 2.05. The second kappa shape index (κ2) is 2.94. The molecule has 1 saturated carbocycles. The largest absolute Gasteiger partial charge is 0.305 e. The zero-order chi connectivity index (χ0) is 7.57. The van der Waals surface area contributed by atoms with E-state index < -0.39 is 0 Å². The molecule has 0 amide bonds. The van der Waals surface area contributed by atoms with Gasteiger partial charge in [-0.15, -0.1) is 0 Å². The number of nitrogens with zero attached hydrogens (tertiary/aromatic N) is 1. The summed E-state index contributed by atoms with van der Waals surface area (Å²) in [5.41, 5.74) is 0.316. The fraction of sp³-hybridized carbons (Fsp3) is 0.889. The van der Waals surface area contributed by atoms with Gasteiger partial charge in [0.25, 0.3) is 0 Å². The lowest BCUT2D eigenvalue weighted by Crippen LogP contribution is -2.51. The highest BCUT2D eigenvalue weighted by Crippen LogP contribution is 2.27. The zero-order valence-corrected chi connectivity index (χ0v) is 6.97. The van der Waals surface area contributed by atoms with Gasteiger partial charge in [-0.2, -0.15) is 0 Å². The summed E-state index contributed by atoms with van der Waals surface area (Å²) in [4.78, 5) is 4.37. The predicted octanol–water partition coefficient (Wildman–Crippen LogP) is 1.36. The Bertz CT molecular complexity index is 157. The van der Waals surface area contributed by atoms with Crippen molar-refractivity contribution in [1.29, 1.82) is 0 Å². The van der Waals surface area contributed by atoms with Gasteiger partial charge >= 0.3 is 0 Å². The first-order valence-corrected chi connectivity index (χ1v) is 4.67. The first-order chi connectivity index (χ1) is 5.41. The standard InChI is InChI=1S/C9H16N2/c1-2-4-9(5-3-1)8-10-6-7-11-9/h8,11H,1-7H2. The van der Waals surface area contributed by atoms with Gasteiger partial charge in [0.2, 0.25) is 0 Å². The highest BCUT2D eigenvalue weighted by molar-refractivity contribution is 5.71. The smallest absolute Gasteiger partial charge is 0.0534 e. The van der Waals surface area contributed by atoms with Crippen molar-refractivity contribution in [3.8, 4) is 0 Å². The minimum absolute atomic E-state index is 0.316. The van der Waals surface area contributed by atoms with Crippen molar-refractivity contribution in [2.45, 2.75) is 37.6 Å². The SMILES string of the molecule is C1=NCCNC12CCCCC2. The Kier molecular flexibility index (Phi) is 1.95. The Morgan fingerprint density at radius 3 is 2.64 bits per heavy atom. The molecule has 0 saturated heterocycles. The van der Waals surface area contributed by atoms with E-state index in [1.54, 1.807) is 0 Å². The summed E-state index contributed by atoms with van der Waals surface area (Å²) in [6.07, 6.45) is 8.93. The van der Waals surface area contributed by atoms with Gasteiger partial charge in [0, 0.05) is 12.8 Å². The van der Waals surface area contributed by atoms with E-state index in [0.29, 0.717) is 5.54 Å². The topological polar surface area (TPSA) is 24.4 Å². The van der Waals surface area contributed by atoms with Crippen LogP contribution in [0.3, 0.4) is 0 Å². The van der Waals surface area contributed by atoms with E-state index in [0.717, 1.165) is 13.1 Å². The van der Waals surface area contributed by atoms with Crippen LogP contribution in [0.25, 0.3) is 0 Å². The molecule has 2 aliphatic rings. The molecule has 0 atom stereocenters. The molecule has 62 valence electrons. The predicted molar refractivity (Wildman–Crippen MR) is 47.2 cm³/mol. The van der Waals surface area contributed by atoms with Crippen LogP contribution in [0.2, 0.25) is 0 Å². The summed E-state index contributed by atoms with van der Waals surface area (Å²) < 4.78 is 0. The summed E-state index contributed by atoms with van der Waals surface area (Å²) >= 11 is 0. The average Bonchev–Trinajstić information content (AvgIpc) is 2.07. The first kappa shape index (κ1) is 7.29. The number of rotatable bonds is 0. The van der Waals surface area contributed by atoms with Gasteiger partial charge in [0.05, 0.1) is 12.1 Å². The molecule has 1 fully saturated rings. The summed E-state index contributed by atoms with van der Waals surface area (Å²) in [5.74, 6) is 0. The minimum atomic E-state index is 0.316. The van der Waals surface area contributed by atoms with Crippen LogP contribution in [-0.2, 0) is 0 Å². The molecule has 0 aromatic heterocycles. The summed E-state index contributed by atoms with van der Waals surface area (Å²) in [7, 11) is 0. The van der Waals surface area contributed by atoms with Crippen LogP contribution >= 0.6 is 0 Å². The average molecular weight is 152 g/mol. The van der Waals surface area contributed by atoms with Crippen molar-refractivity contribution in [2.75, 3.05) is 13.1 Å². The Hall–Kier alpha value is -0.370. The van der Waals surface area contributed by atoms with E-state index in [2.05, 4.69) is 16.5 Å². The van der Waals surface area contributed by atoms with Gasteiger partial charge < -0.3 is 5.32 Å². The van der Waals surface area contributed by atoms with E-state index in [1.807, 2.05) is 0 Å². The fourth-order valence-corrected chi connectivity index (χ4v) is 2.14. The molecule has 0 unspecified atom stereocenters. The number of hydrogen-bond donors (Lipinski definition) is 1. The maximum atomic E-state index is 4.37. The maximum absolute atomic E-state index is 4.37. The van der Waals surface area contributed by atoms with Crippen LogP contribution in [0.1, 0.15) is 32.1 Å². The van der Waals surface area contributed by atoms with Crippen LogP contribution in [0.4, 0.5) is 0 Å². The molecule has 1 aliphatic heterocycles. The normalized spacial score (nSPS) is 29.1. The Labute approximate surface area is 68.1 Å². The molecule has 0 aromatic carbocycles. The highest BCUT2D eigenvalue weighted by atomic mass is 15.0. The van der Waals surface area contributed by atoms with Crippen LogP contribution < -0.4 is 5.32 Å². The van der Waals surface area contributed by atoms with Gasteiger partial charge in [0.15, 0.2) is 0 Å². The number of hydrogen-bond acceptors (Lipinski definition) is 2. The van der Waals surface area contributed by atoms with Gasteiger partial charge in [0.1, 0.15) is 0 Å². The van der Waals surface area contributed by atoms with Gasteiger partial charge in [-0.3, -0.25) is 4.99 Å². The van der Waals surface area contributed by atoms with Crippen molar-refractivity contribution in [3.05, 3.63) is 0 Å². The van der Waals surface area contributed by atoms with Gasteiger partial charge in [-0.1, -0.05) is 19.3 Å². The zero-order valence-electron chi connectivity index (χ0n) is 6.97. The molecule has 11 heavy (non-hydrogen) atoms. The third-order valence-corrected chi connectivity index (χ3v) is 2.80. The maximum Gasteiger partial charge on any atom is 0.0534 e. The summed E-state index contributed by atoms with van der Waals surface area (Å²) in [5, 5.41) is 3.59. The van der Waals surface area contributed by atoms with E-state index in [1.165, 1.54) is 32.1 Å². The van der Waals surface area contributed by atoms with Crippen LogP contribution in [0.5, 0.6) is 0 Å². The second-order valence-corrected chi connectivity index (χ2v) is 3.68. The van der Waals surface area contributed by atoms with E-state index in [4.69, 9.17) is 0 Å². The van der Waals surface area contributed by atoms with Crippen LogP contribution in [0.15, 0.2) is 4.99 Å². The van der Waals surface area contributed by atoms with Crippen molar-refractivity contribution in [2.24, 2.45) is 4.99 Å². The summed E-state index contributed by atoms with van der Waals surface area (Å²) in [6, 6.07) is 0. The third kappa shape index (κ3) is 1.45. The Balaban J connectivity index is 2.06. The van der Waals surface area contributed by atoms with Crippen LogP contribution in [0, 0.1) is 0 Å². The van der Waals surface area contributed by atoms with E-state index in [-0.39, 0.29) is 0 Å². The fourth-order valence-electron chi connectivity index (χ4n) is 2.14. The van der Waals surface area contributed by atoms with Crippen LogP contribution in [-0.4, -0.2) is 24.8 Å². The van der Waals surface area contributed by atoms with E-state index in [9.17, 15) is 0 Å². The minimum Gasteiger partial charge on any atom is -0.305 e. The molecule has 0 aromatic rings. The Morgan fingerprint density at radius 1 is 1.18 bits per heavy atom. The first-order valence-electron chi connectivity index (χ1n) is 4.67. The van der Waals surface area contributed by atoms with E-state index >= 15 is 0 Å². The molecule has 0 radical (unpaired) electrons. The molecule has 2 rings (SSSR count). The lowest BCUT2D eigenvalue weighted by molar-refractivity contribution is 0.312. The molecule has 1 heterocycles. The molecule has 1 N–H and O–H groups in total. The van der Waals surface area contributed by atoms with Gasteiger partial charge in [-0.25, -0.2) is 0 Å². The lowest BCUT2D eigenvalue weighted by Gasteiger charge is -2.36. The quantitative estimate of drug-likeness (QED) is 0.557. The van der Waals surface area contributed by atoms with Crippen molar-refractivity contribution >= 4 is 6.21 Å². The number of nitrogens with one attached hydrogen (secondary N) is 1. The van der Waals surface area contributed by atoms with Crippen molar-refractivity contribution < 1.29 is 0 Å². The molecule has 2 nitrogen and oxygen atoms in total. The lowest BCUT2D eigenvalue weighted by atomic mass is 9.82. The monoisotopic (exact) mass is 152 g/mol. The molecular weight excluding hydrogens is 136 g/mol. The number of aliphatic imine (C=N–C) groups is 1. The third-order valence-electron chi connectivity index (χ3n) is 2.80.